The molecule has 2 aromatic rings. The van der Waals surface area contributed by atoms with Crippen molar-refractivity contribution >= 4 is 5.91 Å². The Morgan fingerprint density at radius 1 is 1.04 bits per heavy atom. The summed E-state index contributed by atoms with van der Waals surface area (Å²) in [5, 5.41) is 0. The summed E-state index contributed by atoms with van der Waals surface area (Å²) in [5.41, 5.74) is 1.32. The van der Waals surface area contributed by atoms with Crippen LogP contribution < -0.4 is 4.74 Å². The molecule has 0 bridgehead atoms. The van der Waals surface area contributed by atoms with E-state index in [4.69, 9.17) is 9.15 Å². The highest BCUT2D eigenvalue weighted by atomic mass is 16.5. The van der Waals surface area contributed by atoms with Gasteiger partial charge >= 0.3 is 0 Å². The van der Waals surface area contributed by atoms with Gasteiger partial charge in [0.05, 0.1) is 18.9 Å². The first-order valence-electron chi connectivity index (χ1n) is 10.4. The second-order valence-electron chi connectivity index (χ2n) is 8.21. The lowest BCUT2D eigenvalue weighted by molar-refractivity contribution is -0.129. The zero-order chi connectivity index (χ0) is 20.5. The van der Waals surface area contributed by atoms with Crippen LogP contribution in [0.5, 0.6) is 5.75 Å². The van der Waals surface area contributed by atoms with Gasteiger partial charge in [0, 0.05) is 13.5 Å². The molecule has 0 fully saturated rings. The van der Waals surface area contributed by atoms with Gasteiger partial charge in [-0.25, -0.2) is 0 Å². The minimum atomic E-state index is 0.0830. The summed E-state index contributed by atoms with van der Waals surface area (Å²) in [7, 11) is 0. The van der Waals surface area contributed by atoms with Crippen molar-refractivity contribution in [2.75, 3.05) is 6.54 Å². The first-order valence-corrected chi connectivity index (χ1v) is 10.4. The lowest BCUT2D eigenvalue weighted by Crippen LogP contribution is -2.30. The van der Waals surface area contributed by atoms with Gasteiger partial charge < -0.3 is 14.1 Å². The third-order valence-corrected chi connectivity index (χ3v) is 4.94. The molecule has 4 nitrogen and oxygen atoms in total. The highest BCUT2D eigenvalue weighted by Crippen LogP contribution is 2.29. The maximum absolute atomic E-state index is 12.1. The largest absolute Gasteiger partial charge is 0.491 e. The second kappa shape index (κ2) is 10.9. The normalized spacial score (nSPS) is 12.4. The number of hydrogen-bond donors (Lipinski definition) is 0. The Morgan fingerprint density at radius 3 is 2.29 bits per heavy atom. The highest BCUT2D eigenvalue weighted by molar-refractivity contribution is 5.73. The third kappa shape index (κ3) is 7.41. The molecule has 154 valence electrons. The van der Waals surface area contributed by atoms with E-state index < -0.39 is 0 Å². The monoisotopic (exact) mass is 385 g/mol. The van der Waals surface area contributed by atoms with Crippen molar-refractivity contribution in [1.82, 2.24) is 4.90 Å². The Balaban J connectivity index is 2.05. The molecule has 1 aromatic carbocycles. The standard InChI is InChI=1S/C24H35NO3/c1-18(2)8-9-22(21-10-12-23(13-11-21)28-19(3)4)14-15-25(20(5)26)17-24-7-6-16-27-24/h6-7,10-13,16,18-19,22H,8-9,14-15,17H2,1-5H3. The summed E-state index contributed by atoms with van der Waals surface area (Å²) >= 11 is 0. The van der Waals surface area contributed by atoms with E-state index in [1.54, 1.807) is 13.2 Å². The number of benzene rings is 1. The van der Waals surface area contributed by atoms with Crippen LogP contribution in [0.2, 0.25) is 0 Å². The van der Waals surface area contributed by atoms with Gasteiger partial charge in [0.15, 0.2) is 0 Å². The number of carbonyl (C=O) groups is 1. The first kappa shape index (κ1) is 22.1. The van der Waals surface area contributed by atoms with Crippen LogP contribution in [0, 0.1) is 5.92 Å². The summed E-state index contributed by atoms with van der Waals surface area (Å²) in [6, 6.07) is 12.2. The Labute approximate surface area is 169 Å². The Kier molecular flexibility index (Phi) is 8.62. The lowest BCUT2D eigenvalue weighted by Gasteiger charge is -2.25. The quantitative estimate of drug-likeness (QED) is 0.474. The predicted molar refractivity (Wildman–Crippen MR) is 113 cm³/mol. The summed E-state index contributed by atoms with van der Waals surface area (Å²) in [5.74, 6) is 2.90. The Morgan fingerprint density at radius 2 is 1.75 bits per heavy atom. The molecule has 1 amide bonds. The molecular formula is C24H35NO3. The van der Waals surface area contributed by atoms with Crippen molar-refractivity contribution in [2.45, 2.75) is 72.4 Å². The molecule has 1 aromatic heterocycles. The van der Waals surface area contributed by atoms with E-state index >= 15 is 0 Å². The number of furan rings is 1. The molecule has 1 atom stereocenters. The number of nitrogens with zero attached hydrogens (tertiary/aromatic N) is 1. The summed E-state index contributed by atoms with van der Waals surface area (Å²) in [6.45, 7) is 11.5. The van der Waals surface area contributed by atoms with Crippen molar-refractivity contribution in [1.29, 1.82) is 0 Å². The van der Waals surface area contributed by atoms with Crippen LogP contribution in [0.4, 0.5) is 0 Å². The average molecular weight is 386 g/mol. The van der Waals surface area contributed by atoms with Crippen molar-refractivity contribution in [2.24, 2.45) is 5.92 Å². The molecule has 0 N–H and O–H groups in total. The van der Waals surface area contributed by atoms with E-state index in [2.05, 4.69) is 38.1 Å². The number of rotatable bonds is 11. The Hall–Kier alpha value is -2.23. The second-order valence-corrected chi connectivity index (χ2v) is 8.21. The van der Waals surface area contributed by atoms with Gasteiger partial charge in [-0.15, -0.1) is 0 Å². The van der Waals surface area contributed by atoms with E-state index in [-0.39, 0.29) is 12.0 Å². The van der Waals surface area contributed by atoms with Gasteiger partial charge in [-0.2, -0.15) is 0 Å². The molecule has 2 rings (SSSR count). The SMILES string of the molecule is CC(=O)N(CCC(CCC(C)C)c1ccc(OC(C)C)cc1)Cc1ccco1. The maximum atomic E-state index is 12.1. The number of hydrogen-bond acceptors (Lipinski definition) is 3. The van der Waals surface area contributed by atoms with Gasteiger partial charge in [0.2, 0.25) is 5.91 Å². The van der Waals surface area contributed by atoms with Gasteiger partial charge in [0.1, 0.15) is 11.5 Å². The molecule has 0 saturated carbocycles. The van der Waals surface area contributed by atoms with E-state index in [1.165, 1.54) is 12.0 Å². The zero-order valence-corrected chi connectivity index (χ0v) is 18.0. The van der Waals surface area contributed by atoms with E-state index in [9.17, 15) is 4.79 Å². The number of carbonyl (C=O) groups excluding carboxylic acids is 1. The van der Waals surface area contributed by atoms with Crippen LogP contribution in [0.1, 0.15) is 71.1 Å². The summed E-state index contributed by atoms with van der Waals surface area (Å²) in [6.07, 6.45) is 5.06. The van der Waals surface area contributed by atoms with Crippen LogP contribution in [0.15, 0.2) is 47.1 Å². The molecule has 0 aliphatic carbocycles. The van der Waals surface area contributed by atoms with Crippen LogP contribution in [0.25, 0.3) is 0 Å². The van der Waals surface area contributed by atoms with Crippen molar-refractivity contribution in [3.8, 4) is 5.75 Å². The molecule has 1 unspecified atom stereocenters. The molecule has 4 heteroatoms. The summed E-state index contributed by atoms with van der Waals surface area (Å²) < 4.78 is 11.2. The molecule has 0 radical (unpaired) electrons. The van der Waals surface area contributed by atoms with E-state index in [0.717, 1.165) is 30.9 Å². The van der Waals surface area contributed by atoms with Gasteiger partial charge in [-0.1, -0.05) is 32.4 Å². The van der Waals surface area contributed by atoms with E-state index in [0.29, 0.717) is 18.4 Å². The number of ether oxygens (including phenoxy) is 1. The smallest absolute Gasteiger partial charge is 0.219 e. The van der Waals surface area contributed by atoms with Crippen LogP contribution in [0.3, 0.4) is 0 Å². The fourth-order valence-corrected chi connectivity index (χ4v) is 3.35. The van der Waals surface area contributed by atoms with Crippen LogP contribution in [-0.4, -0.2) is 23.5 Å². The van der Waals surface area contributed by atoms with Crippen molar-refractivity contribution in [3.05, 3.63) is 54.0 Å². The van der Waals surface area contributed by atoms with Gasteiger partial charge in [0.25, 0.3) is 0 Å². The van der Waals surface area contributed by atoms with E-state index in [1.807, 2.05) is 30.9 Å². The van der Waals surface area contributed by atoms with Crippen molar-refractivity contribution in [3.63, 3.8) is 0 Å². The third-order valence-electron chi connectivity index (χ3n) is 4.94. The molecule has 0 aliphatic heterocycles. The molecule has 0 aliphatic rings. The zero-order valence-electron chi connectivity index (χ0n) is 18.0. The topological polar surface area (TPSA) is 42.7 Å². The fraction of sp³-hybridized carbons (Fsp3) is 0.542. The minimum absolute atomic E-state index is 0.0830. The maximum Gasteiger partial charge on any atom is 0.219 e. The Bertz CT molecular complexity index is 689. The minimum Gasteiger partial charge on any atom is -0.491 e. The molecular weight excluding hydrogens is 350 g/mol. The number of amides is 1. The lowest BCUT2D eigenvalue weighted by atomic mass is 9.88. The average Bonchev–Trinajstić information content (AvgIpc) is 3.14. The summed E-state index contributed by atoms with van der Waals surface area (Å²) in [4.78, 5) is 14.0. The fourth-order valence-electron chi connectivity index (χ4n) is 3.35. The van der Waals surface area contributed by atoms with Gasteiger partial charge in [-0.3, -0.25) is 4.79 Å². The highest BCUT2D eigenvalue weighted by Gasteiger charge is 2.17. The molecule has 1 heterocycles. The molecule has 28 heavy (non-hydrogen) atoms. The molecule has 0 saturated heterocycles. The first-order chi connectivity index (χ1) is 13.3. The van der Waals surface area contributed by atoms with Crippen LogP contribution >= 0.6 is 0 Å². The predicted octanol–water partition coefficient (Wildman–Crippen LogP) is 6.03. The van der Waals surface area contributed by atoms with Crippen LogP contribution in [-0.2, 0) is 11.3 Å². The van der Waals surface area contributed by atoms with Crippen molar-refractivity contribution < 1.29 is 13.9 Å². The molecule has 0 spiro atoms. The van der Waals surface area contributed by atoms with Gasteiger partial charge in [-0.05, 0) is 68.4 Å².